The first-order valence-corrected chi connectivity index (χ1v) is 34.2. The zero-order valence-electron chi connectivity index (χ0n) is 62.6. The van der Waals surface area contributed by atoms with Crippen LogP contribution in [0.3, 0.4) is 0 Å². The van der Waals surface area contributed by atoms with Crippen molar-refractivity contribution in [3.05, 3.63) is 12.2 Å². The van der Waals surface area contributed by atoms with Crippen LogP contribution in [-0.2, 0) is 71.7 Å². The smallest absolute Gasteiger partial charge is 0.332 e. The summed E-state index contributed by atoms with van der Waals surface area (Å²) in [7, 11) is 9.74. The number of likely N-dealkylation sites (N-methyl/N-ethyl adjacent to an activating group) is 7. The van der Waals surface area contributed by atoms with E-state index < -0.39 is 168 Å². The molecule has 0 aromatic heterocycles. The molecule has 550 valence electrons. The van der Waals surface area contributed by atoms with Gasteiger partial charge >= 0.3 is 5.97 Å². The summed E-state index contributed by atoms with van der Waals surface area (Å²) >= 11 is 0. The minimum absolute atomic E-state index is 0.00133. The molecule has 96 heavy (non-hydrogen) atoms. The number of aliphatic hydroxyl groups excluding tert-OH is 1. The first kappa shape index (κ1) is 87.3. The van der Waals surface area contributed by atoms with Crippen LogP contribution in [0, 0.1) is 41.4 Å². The van der Waals surface area contributed by atoms with Crippen molar-refractivity contribution >= 4 is 70.9 Å². The van der Waals surface area contributed by atoms with Crippen LogP contribution in [0.4, 0.5) is 0 Å². The van der Waals surface area contributed by atoms with E-state index in [1.165, 1.54) is 80.8 Å². The predicted molar refractivity (Wildman–Crippen MR) is 366 cm³/mol. The summed E-state index contributed by atoms with van der Waals surface area (Å²) in [6.07, 6.45) is 2.32. The molecule has 27 heteroatoms. The Morgan fingerprint density at radius 1 is 0.510 bits per heavy atom. The predicted octanol–water partition coefficient (Wildman–Crippen LogP) is 3.23. The quantitative estimate of drug-likeness (QED) is 0.0557. The fourth-order valence-electron chi connectivity index (χ4n) is 11.5. The Morgan fingerprint density at radius 3 is 1.44 bits per heavy atom. The van der Waals surface area contributed by atoms with Gasteiger partial charge in [-0.15, -0.1) is 0 Å². The van der Waals surface area contributed by atoms with E-state index in [0.717, 1.165) is 9.80 Å². The van der Waals surface area contributed by atoms with E-state index in [1.54, 1.807) is 74.5 Å². The number of hydrogen-bond donors (Lipinski definition) is 5. The van der Waals surface area contributed by atoms with Gasteiger partial charge in [-0.1, -0.05) is 109 Å². The Kier molecular flexibility index (Phi) is 37.7. The number of rotatable bonds is 23. The SMILES string of the molecule is C/C=C/C[C@@H](C)[C@@H](O)[C@H]1C(=O)N[C@@H](CC)C(=O)N(C)CC(=O)N(C)[C@@H](CC(C)C)C(=O)N[C@@H](C(C)C)C(=O)N(C)[C@@H](CC(C)C)C(=O)N[C@@H](C)C(=O)N[C@H](COCCOCC(=O)OC(C)C)C(=O)N(C)[C@@H](CC(C)C)C(=O)N(C)[C@@H](CC(C)C)C(=O)N(C)[C@@H](C(C)C)C(=O)N1C. The molecule has 0 unspecified atom stereocenters. The molecule has 1 aliphatic rings. The highest BCUT2D eigenvalue weighted by atomic mass is 16.6. The third-order valence-electron chi connectivity index (χ3n) is 17.2. The lowest BCUT2D eigenvalue weighted by molar-refractivity contribution is -0.157. The molecule has 0 aromatic rings. The average molecular weight is 1360 g/mol. The van der Waals surface area contributed by atoms with Gasteiger partial charge in [0.05, 0.1) is 38.6 Å². The molecule has 0 aromatic carbocycles. The number of allylic oxidation sites excluding steroid dienone is 2. The highest BCUT2D eigenvalue weighted by Gasteiger charge is 2.46. The number of hydrogen-bond acceptors (Lipinski definition) is 16. The summed E-state index contributed by atoms with van der Waals surface area (Å²) in [4.78, 5) is 183. The van der Waals surface area contributed by atoms with Crippen LogP contribution < -0.4 is 21.3 Å². The number of ether oxygens (including phenoxy) is 3. The molecule has 0 saturated carbocycles. The Labute approximate surface area is 572 Å². The van der Waals surface area contributed by atoms with Crippen molar-refractivity contribution in [2.75, 3.05) is 82.3 Å². The normalized spacial score (nSPS) is 25.2. The highest BCUT2D eigenvalue weighted by Crippen LogP contribution is 2.26. The van der Waals surface area contributed by atoms with Gasteiger partial charge in [0, 0.05) is 49.3 Å². The molecule has 1 aliphatic heterocycles. The first-order valence-electron chi connectivity index (χ1n) is 34.2. The summed E-state index contributed by atoms with van der Waals surface area (Å²) in [5, 5.41) is 23.2. The molecular weight excluding hydrogens is 1240 g/mol. The van der Waals surface area contributed by atoms with Crippen molar-refractivity contribution in [2.45, 2.75) is 236 Å². The number of nitrogens with zero attached hydrogens (tertiary/aromatic N) is 7. The first-order chi connectivity index (χ1) is 44.5. The fourth-order valence-corrected chi connectivity index (χ4v) is 11.5. The zero-order chi connectivity index (χ0) is 74.1. The van der Waals surface area contributed by atoms with Gasteiger partial charge in [0.1, 0.15) is 67.0 Å². The van der Waals surface area contributed by atoms with Crippen LogP contribution in [0.25, 0.3) is 0 Å². The van der Waals surface area contributed by atoms with Crippen LogP contribution in [0.15, 0.2) is 12.2 Å². The van der Waals surface area contributed by atoms with Crippen molar-refractivity contribution in [1.29, 1.82) is 0 Å². The number of esters is 1. The van der Waals surface area contributed by atoms with Crippen molar-refractivity contribution < 1.29 is 76.9 Å². The van der Waals surface area contributed by atoms with Crippen LogP contribution in [0.1, 0.15) is 163 Å². The summed E-state index contributed by atoms with van der Waals surface area (Å²) in [6, 6.07) is -13.3. The molecule has 5 N–H and O–H groups in total. The standard InChI is InChI=1S/C69H123N11O16/c1-26-28-29-46(17)59(83)58-63(87)71-48(27-2)64(88)74(19)36-54(81)75(20)50(32-39(3)4)62(86)73-56(43(11)12)68(92)76(21)51(33-40(5)6)61(85)70-47(18)60(84)72-49(37-94-30-31-95-38-55(82)96-45(15)16)65(89)77(22)52(34-41(7)8)66(90)78(23)53(35-42(9)10)67(91)79(24)57(44(13)14)69(93)80(58)25/h26,28,39-53,56-59,83H,27,29-38H2,1-25H3,(H,70,85)(H,71,87)(H,72,84)(H,73,86)/b28-26+/t46-,47+,48+,49-,50+,51+,52+,53+,56+,57+,58+,59-/m1/s1. The van der Waals surface area contributed by atoms with Crippen LogP contribution in [0.2, 0.25) is 0 Å². The van der Waals surface area contributed by atoms with Gasteiger partial charge < -0.3 is 74.9 Å². The number of carbonyl (C=O) groups excluding carboxylic acids is 12. The number of nitrogens with one attached hydrogen (secondary N) is 4. The number of carbonyl (C=O) groups is 12. The molecule has 0 spiro atoms. The lowest BCUT2D eigenvalue weighted by Crippen LogP contribution is -2.63. The van der Waals surface area contributed by atoms with Crippen molar-refractivity contribution in [3.8, 4) is 0 Å². The third kappa shape index (κ3) is 26.6. The maximum Gasteiger partial charge on any atom is 0.332 e. The van der Waals surface area contributed by atoms with E-state index in [1.807, 2.05) is 55.4 Å². The van der Waals surface area contributed by atoms with Gasteiger partial charge in [-0.2, -0.15) is 0 Å². The molecule has 0 bridgehead atoms. The molecule has 0 aliphatic carbocycles. The summed E-state index contributed by atoms with van der Waals surface area (Å²) < 4.78 is 16.5. The summed E-state index contributed by atoms with van der Waals surface area (Å²) in [5.41, 5.74) is 0. The van der Waals surface area contributed by atoms with E-state index >= 15 is 19.2 Å². The van der Waals surface area contributed by atoms with Gasteiger partial charge in [-0.3, -0.25) is 52.7 Å². The topological polar surface area (TPSA) is 324 Å². The van der Waals surface area contributed by atoms with E-state index in [9.17, 15) is 43.5 Å². The van der Waals surface area contributed by atoms with Crippen LogP contribution in [-0.4, -0.2) is 265 Å². The molecular formula is C69H123N11O16. The third-order valence-corrected chi connectivity index (χ3v) is 17.2. The average Bonchev–Trinajstić information content (AvgIpc) is 0.813. The number of amides is 11. The second kappa shape index (κ2) is 41.5. The largest absolute Gasteiger partial charge is 0.461 e. The molecule has 1 fully saturated rings. The molecule has 27 nitrogen and oxygen atoms in total. The van der Waals surface area contributed by atoms with Gasteiger partial charge in [-0.25, -0.2) is 4.79 Å². The van der Waals surface area contributed by atoms with Gasteiger partial charge in [-0.05, 0) is 108 Å². The Bertz CT molecular complexity index is 2610. The highest BCUT2D eigenvalue weighted by molar-refractivity contribution is 5.99. The van der Waals surface area contributed by atoms with Crippen LogP contribution in [0.5, 0.6) is 0 Å². The molecule has 1 rings (SSSR count). The van der Waals surface area contributed by atoms with E-state index in [0.29, 0.717) is 0 Å². The van der Waals surface area contributed by atoms with Crippen molar-refractivity contribution in [1.82, 2.24) is 55.6 Å². The molecule has 0 radical (unpaired) electrons. The second-order valence-electron chi connectivity index (χ2n) is 28.6. The maximum absolute atomic E-state index is 15.3. The van der Waals surface area contributed by atoms with E-state index in [2.05, 4.69) is 21.3 Å². The molecule has 12 atom stereocenters. The second-order valence-corrected chi connectivity index (χ2v) is 28.6. The van der Waals surface area contributed by atoms with Gasteiger partial charge in [0.25, 0.3) is 0 Å². The Balaban J connectivity index is 4.46. The van der Waals surface area contributed by atoms with E-state index in [4.69, 9.17) is 14.2 Å². The summed E-state index contributed by atoms with van der Waals surface area (Å²) in [6.45, 7) is 29.7. The van der Waals surface area contributed by atoms with E-state index in [-0.39, 0.29) is 88.1 Å². The minimum Gasteiger partial charge on any atom is -0.461 e. The van der Waals surface area contributed by atoms with Crippen molar-refractivity contribution in [2.24, 2.45) is 41.4 Å². The fraction of sp³-hybridized carbons (Fsp3) is 0.797. The minimum atomic E-state index is -1.65. The molecule has 11 amide bonds. The molecule has 1 saturated heterocycles. The maximum atomic E-state index is 15.3. The van der Waals surface area contributed by atoms with Crippen molar-refractivity contribution in [3.63, 3.8) is 0 Å². The Hall–Kier alpha value is -6.74. The van der Waals surface area contributed by atoms with Gasteiger partial charge in [0.15, 0.2) is 0 Å². The zero-order valence-corrected chi connectivity index (χ0v) is 62.6. The lowest BCUT2D eigenvalue weighted by Gasteiger charge is -2.41. The van der Waals surface area contributed by atoms with Gasteiger partial charge in [0.2, 0.25) is 65.0 Å². The number of aliphatic hydroxyl groups is 1. The summed E-state index contributed by atoms with van der Waals surface area (Å²) in [5.74, 6) is -11.3. The Morgan fingerprint density at radius 2 is 0.958 bits per heavy atom. The lowest BCUT2D eigenvalue weighted by atomic mass is 9.91. The monoisotopic (exact) mass is 1360 g/mol. The molecule has 1 heterocycles. The van der Waals surface area contributed by atoms with Crippen LogP contribution >= 0.6 is 0 Å².